The molecular weight excluding hydrogens is 334 g/mol. The number of rotatable bonds is 4. The third-order valence-corrected chi connectivity index (χ3v) is 5.74. The fraction of sp³-hybridized carbons (Fsp3) is 0.368. The summed E-state index contributed by atoms with van der Waals surface area (Å²) in [5, 5.41) is 8.70. The molecule has 1 saturated heterocycles. The van der Waals surface area contributed by atoms with Gasteiger partial charge in [0.25, 0.3) is 5.91 Å². The van der Waals surface area contributed by atoms with Crippen LogP contribution in [0.2, 0.25) is 0 Å². The average Bonchev–Trinajstić information content (AvgIpc) is 3.32. The molecule has 1 N–H and O–H groups in total. The van der Waals surface area contributed by atoms with E-state index >= 15 is 0 Å². The van der Waals surface area contributed by atoms with E-state index in [1.807, 2.05) is 29.8 Å². The van der Waals surface area contributed by atoms with E-state index < -0.39 is 0 Å². The number of fused-ring (bicyclic) bond motifs is 1. The van der Waals surface area contributed by atoms with Gasteiger partial charge < -0.3 is 10.1 Å². The first-order chi connectivity index (χ1) is 12.1. The fourth-order valence-electron chi connectivity index (χ4n) is 3.22. The third-order valence-electron chi connectivity index (χ3n) is 4.63. The predicted octanol–water partition coefficient (Wildman–Crippen LogP) is 3.61. The van der Waals surface area contributed by atoms with Crippen LogP contribution in [-0.4, -0.2) is 34.9 Å². The number of amides is 1. The number of aromatic nitrogens is 2. The maximum Gasteiger partial charge on any atom is 0.261 e. The van der Waals surface area contributed by atoms with E-state index in [4.69, 9.17) is 4.74 Å². The molecule has 1 aromatic carbocycles. The van der Waals surface area contributed by atoms with Gasteiger partial charge in [-0.05, 0) is 44.4 Å². The van der Waals surface area contributed by atoms with Crippen LogP contribution < -0.4 is 5.32 Å². The summed E-state index contributed by atoms with van der Waals surface area (Å²) in [6, 6.07) is 10.1. The van der Waals surface area contributed by atoms with Crippen molar-refractivity contribution in [2.75, 3.05) is 13.2 Å². The number of benzene rings is 1. The van der Waals surface area contributed by atoms with E-state index in [9.17, 15) is 4.79 Å². The van der Waals surface area contributed by atoms with Crippen molar-refractivity contribution in [2.24, 2.45) is 0 Å². The molecule has 5 nitrogen and oxygen atoms in total. The predicted molar refractivity (Wildman–Crippen MR) is 99.7 cm³/mol. The number of hydrogen-bond donors (Lipinski definition) is 1. The van der Waals surface area contributed by atoms with Crippen molar-refractivity contribution >= 4 is 27.5 Å². The van der Waals surface area contributed by atoms with Crippen molar-refractivity contribution in [3.05, 3.63) is 46.5 Å². The van der Waals surface area contributed by atoms with Crippen LogP contribution in [0.5, 0.6) is 0 Å². The average molecular weight is 355 g/mol. The minimum Gasteiger partial charge on any atom is -0.376 e. The summed E-state index contributed by atoms with van der Waals surface area (Å²) in [7, 11) is 0. The fourth-order valence-corrected chi connectivity index (χ4v) is 4.31. The molecule has 1 aliphatic heterocycles. The molecule has 0 bridgehead atoms. The Hall–Kier alpha value is -2.18. The molecule has 2 aromatic heterocycles. The van der Waals surface area contributed by atoms with Gasteiger partial charge in [0.15, 0.2) is 0 Å². The highest BCUT2D eigenvalue weighted by atomic mass is 32.1. The first kappa shape index (κ1) is 16.3. The van der Waals surface area contributed by atoms with Gasteiger partial charge in [-0.1, -0.05) is 18.2 Å². The Morgan fingerprint density at radius 3 is 3.00 bits per heavy atom. The van der Waals surface area contributed by atoms with Crippen molar-refractivity contribution in [1.29, 1.82) is 0 Å². The smallest absolute Gasteiger partial charge is 0.261 e. The van der Waals surface area contributed by atoms with Crippen LogP contribution >= 0.6 is 11.3 Å². The van der Waals surface area contributed by atoms with Crippen LogP contribution in [-0.2, 0) is 4.74 Å². The zero-order valence-corrected chi connectivity index (χ0v) is 15.2. The standard InChI is InChI=1S/C19H21N3O2S/c1-12-6-3-4-8-16(12)22-19-15(13(2)21-22)10-17(25-19)18(23)20-11-14-7-5-9-24-14/h3-4,6,8,10,14H,5,7,9,11H2,1-2H3,(H,20,23)/t14-/m1/s1. The molecule has 0 aliphatic carbocycles. The maximum atomic E-state index is 12.5. The zero-order chi connectivity index (χ0) is 17.4. The molecule has 1 amide bonds. The van der Waals surface area contributed by atoms with Gasteiger partial charge >= 0.3 is 0 Å². The normalized spacial score (nSPS) is 17.3. The molecule has 0 radical (unpaired) electrons. The van der Waals surface area contributed by atoms with E-state index in [1.165, 1.54) is 11.3 Å². The molecule has 130 valence electrons. The van der Waals surface area contributed by atoms with Gasteiger partial charge in [0.1, 0.15) is 4.83 Å². The molecule has 0 unspecified atom stereocenters. The Balaban J connectivity index is 1.63. The highest BCUT2D eigenvalue weighted by molar-refractivity contribution is 7.20. The van der Waals surface area contributed by atoms with Crippen LogP contribution in [0.25, 0.3) is 15.9 Å². The monoisotopic (exact) mass is 355 g/mol. The summed E-state index contributed by atoms with van der Waals surface area (Å²) in [5.41, 5.74) is 3.14. The minimum atomic E-state index is -0.0348. The summed E-state index contributed by atoms with van der Waals surface area (Å²) in [5.74, 6) is -0.0348. The summed E-state index contributed by atoms with van der Waals surface area (Å²) in [4.78, 5) is 14.2. The first-order valence-electron chi connectivity index (χ1n) is 8.58. The van der Waals surface area contributed by atoms with Gasteiger partial charge in [-0.2, -0.15) is 5.10 Å². The SMILES string of the molecule is Cc1ccccc1-n1nc(C)c2cc(C(=O)NC[C@H]3CCCO3)sc21. The number of ether oxygens (including phenoxy) is 1. The molecule has 25 heavy (non-hydrogen) atoms. The maximum absolute atomic E-state index is 12.5. The number of hydrogen-bond acceptors (Lipinski definition) is 4. The lowest BCUT2D eigenvalue weighted by Crippen LogP contribution is -2.31. The van der Waals surface area contributed by atoms with Crippen LogP contribution in [0.4, 0.5) is 0 Å². The molecule has 1 aliphatic rings. The summed E-state index contributed by atoms with van der Waals surface area (Å²) >= 11 is 1.49. The van der Waals surface area contributed by atoms with E-state index in [0.717, 1.165) is 51.5 Å². The van der Waals surface area contributed by atoms with Gasteiger partial charge in [-0.3, -0.25) is 4.79 Å². The number of aryl methyl sites for hydroxylation is 2. The van der Waals surface area contributed by atoms with Gasteiger partial charge in [0.2, 0.25) is 0 Å². The lowest BCUT2D eigenvalue weighted by molar-refractivity contribution is 0.0861. The van der Waals surface area contributed by atoms with Gasteiger partial charge in [-0.15, -0.1) is 11.3 Å². The molecule has 3 heterocycles. The first-order valence-corrected chi connectivity index (χ1v) is 9.40. The van der Waals surface area contributed by atoms with E-state index in [1.54, 1.807) is 0 Å². The minimum absolute atomic E-state index is 0.0348. The van der Waals surface area contributed by atoms with Crippen molar-refractivity contribution in [1.82, 2.24) is 15.1 Å². The molecule has 6 heteroatoms. The molecule has 1 atom stereocenters. The molecule has 1 fully saturated rings. The Bertz CT molecular complexity index is 922. The van der Waals surface area contributed by atoms with Crippen LogP contribution in [0.15, 0.2) is 30.3 Å². The Labute approximate surface area is 150 Å². The number of nitrogens with one attached hydrogen (secondary N) is 1. The lowest BCUT2D eigenvalue weighted by atomic mass is 10.2. The molecular formula is C19H21N3O2S. The van der Waals surface area contributed by atoms with Gasteiger partial charge in [-0.25, -0.2) is 4.68 Å². The Kier molecular flexibility index (Phi) is 4.31. The number of nitrogens with zero attached hydrogens (tertiary/aromatic N) is 2. The molecule has 4 rings (SSSR count). The van der Waals surface area contributed by atoms with Crippen LogP contribution in [0.3, 0.4) is 0 Å². The second-order valence-electron chi connectivity index (χ2n) is 6.46. The highest BCUT2D eigenvalue weighted by Crippen LogP contribution is 2.31. The second-order valence-corrected chi connectivity index (χ2v) is 7.49. The Morgan fingerprint density at radius 1 is 1.40 bits per heavy atom. The van der Waals surface area contributed by atoms with E-state index in [2.05, 4.69) is 29.5 Å². The van der Waals surface area contributed by atoms with E-state index in [0.29, 0.717) is 6.54 Å². The van der Waals surface area contributed by atoms with Crippen LogP contribution in [0, 0.1) is 13.8 Å². The van der Waals surface area contributed by atoms with Gasteiger partial charge in [0.05, 0.1) is 22.4 Å². The largest absolute Gasteiger partial charge is 0.376 e. The quantitative estimate of drug-likeness (QED) is 0.778. The topological polar surface area (TPSA) is 56.2 Å². The summed E-state index contributed by atoms with van der Waals surface area (Å²) in [6.07, 6.45) is 2.26. The third kappa shape index (κ3) is 3.07. The van der Waals surface area contributed by atoms with Crippen LogP contribution in [0.1, 0.15) is 33.8 Å². The zero-order valence-electron chi connectivity index (χ0n) is 14.4. The molecule has 0 spiro atoms. The highest BCUT2D eigenvalue weighted by Gasteiger charge is 2.20. The van der Waals surface area contributed by atoms with Gasteiger partial charge in [0, 0.05) is 18.5 Å². The van der Waals surface area contributed by atoms with Crippen molar-refractivity contribution in [3.63, 3.8) is 0 Å². The van der Waals surface area contributed by atoms with Crippen molar-refractivity contribution in [2.45, 2.75) is 32.8 Å². The lowest BCUT2D eigenvalue weighted by Gasteiger charge is -2.09. The van der Waals surface area contributed by atoms with E-state index in [-0.39, 0.29) is 12.0 Å². The number of thiophene rings is 1. The number of carbonyl (C=O) groups is 1. The number of para-hydroxylation sites is 1. The Morgan fingerprint density at radius 2 is 2.24 bits per heavy atom. The second kappa shape index (κ2) is 6.61. The summed E-state index contributed by atoms with van der Waals surface area (Å²) < 4.78 is 7.51. The van der Waals surface area contributed by atoms with Crippen molar-refractivity contribution < 1.29 is 9.53 Å². The number of carbonyl (C=O) groups excluding carboxylic acids is 1. The van der Waals surface area contributed by atoms with Crippen molar-refractivity contribution in [3.8, 4) is 5.69 Å². The molecule has 0 saturated carbocycles. The summed E-state index contributed by atoms with van der Waals surface area (Å²) in [6.45, 7) is 5.43. The molecule has 3 aromatic rings.